The molecule has 0 amide bonds. The molecule has 3 atom stereocenters. The Bertz CT molecular complexity index is 555. The standard InChI is InChI=1S/C17H21NO2.ClH/c1-12-5-3-4-6-14(12)15-7-9-18-10-8-17(16(15)11-18)20-13(2)19;/h3-7,16-17H,8-11H2,1-2H3;1H. The molecule has 1 fully saturated rings. The predicted octanol–water partition coefficient (Wildman–Crippen LogP) is 3.07. The van der Waals surface area contributed by atoms with Crippen LogP contribution < -0.4 is 0 Å². The highest BCUT2D eigenvalue weighted by atomic mass is 35.5. The minimum atomic E-state index is -0.168. The Morgan fingerprint density at radius 2 is 2.10 bits per heavy atom. The van der Waals surface area contributed by atoms with Gasteiger partial charge in [0, 0.05) is 32.5 Å². The summed E-state index contributed by atoms with van der Waals surface area (Å²) < 4.78 is 5.56. The minimum absolute atomic E-state index is 0. The Morgan fingerprint density at radius 1 is 1.33 bits per heavy atom. The number of nitrogens with zero attached hydrogens (tertiary/aromatic N) is 1. The van der Waals surface area contributed by atoms with Gasteiger partial charge in [-0.15, -0.1) is 12.4 Å². The van der Waals surface area contributed by atoms with Gasteiger partial charge in [0.25, 0.3) is 0 Å². The molecule has 0 aliphatic carbocycles. The Morgan fingerprint density at radius 3 is 2.81 bits per heavy atom. The van der Waals surface area contributed by atoms with Gasteiger partial charge < -0.3 is 4.74 Å². The van der Waals surface area contributed by atoms with Crippen molar-refractivity contribution in [2.24, 2.45) is 5.92 Å². The van der Waals surface area contributed by atoms with Crippen molar-refractivity contribution >= 4 is 23.9 Å². The Balaban J connectivity index is 0.00000161. The number of carbonyl (C=O) groups excluding carboxylic acids is 1. The summed E-state index contributed by atoms with van der Waals surface area (Å²) in [4.78, 5) is 13.8. The van der Waals surface area contributed by atoms with E-state index in [1.54, 1.807) is 0 Å². The summed E-state index contributed by atoms with van der Waals surface area (Å²) in [6.45, 7) is 6.68. The molecule has 1 saturated heterocycles. The van der Waals surface area contributed by atoms with Crippen LogP contribution in [0.3, 0.4) is 0 Å². The molecule has 3 rings (SSSR count). The van der Waals surface area contributed by atoms with Crippen molar-refractivity contribution in [1.82, 2.24) is 4.90 Å². The van der Waals surface area contributed by atoms with Crippen LogP contribution in [0.15, 0.2) is 30.3 Å². The first-order valence-electron chi connectivity index (χ1n) is 7.31. The first-order chi connectivity index (χ1) is 9.65. The lowest BCUT2D eigenvalue weighted by Gasteiger charge is -2.42. The fraction of sp³-hybridized carbons (Fsp3) is 0.471. The molecule has 21 heavy (non-hydrogen) atoms. The highest BCUT2D eigenvalue weighted by molar-refractivity contribution is 5.85. The van der Waals surface area contributed by atoms with Gasteiger partial charge in [-0.1, -0.05) is 30.3 Å². The fourth-order valence-electron chi connectivity index (χ4n) is 3.40. The summed E-state index contributed by atoms with van der Waals surface area (Å²) in [6, 6.07) is 8.47. The molecule has 0 N–H and O–H groups in total. The van der Waals surface area contributed by atoms with E-state index in [1.807, 2.05) is 0 Å². The van der Waals surface area contributed by atoms with Gasteiger partial charge >= 0.3 is 5.97 Å². The number of rotatable bonds is 2. The van der Waals surface area contributed by atoms with E-state index in [4.69, 9.17) is 4.74 Å². The topological polar surface area (TPSA) is 29.5 Å². The first-order valence-corrected chi connectivity index (χ1v) is 7.31. The van der Waals surface area contributed by atoms with Gasteiger partial charge in [0.2, 0.25) is 0 Å². The number of aryl methyl sites for hydroxylation is 1. The average Bonchev–Trinajstić information content (AvgIpc) is 2.43. The van der Waals surface area contributed by atoms with Crippen LogP contribution in [0.4, 0.5) is 0 Å². The zero-order valence-corrected chi connectivity index (χ0v) is 13.4. The van der Waals surface area contributed by atoms with E-state index >= 15 is 0 Å². The second-order valence-corrected chi connectivity index (χ2v) is 5.78. The molecule has 114 valence electrons. The quantitative estimate of drug-likeness (QED) is 0.787. The molecule has 3 unspecified atom stereocenters. The molecule has 1 aromatic rings. The van der Waals surface area contributed by atoms with Gasteiger partial charge in [-0.3, -0.25) is 9.69 Å². The molecular weight excluding hydrogens is 286 g/mol. The summed E-state index contributed by atoms with van der Waals surface area (Å²) in [5.41, 5.74) is 3.95. The van der Waals surface area contributed by atoms with E-state index in [0.29, 0.717) is 5.92 Å². The van der Waals surface area contributed by atoms with Gasteiger partial charge in [-0.25, -0.2) is 0 Å². The van der Waals surface area contributed by atoms with Gasteiger partial charge in [0.15, 0.2) is 0 Å². The van der Waals surface area contributed by atoms with Crippen LogP contribution in [0.1, 0.15) is 24.5 Å². The smallest absolute Gasteiger partial charge is 0.302 e. The maximum Gasteiger partial charge on any atom is 0.302 e. The van der Waals surface area contributed by atoms with Crippen LogP contribution in [-0.4, -0.2) is 36.6 Å². The summed E-state index contributed by atoms with van der Waals surface area (Å²) in [5, 5.41) is 0. The molecule has 2 bridgehead atoms. The Kier molecular flexibility index (Phi) is 5.07. The molecular formula is C17H22ClNO2. The van der Waals surface area contributed by atoms with Crippen LogP contribution in [-0.2, 0) is 9.53 Å². The van der Waals surface area contributed by atoms with Crippen LogP contribution >= 0.6 is 12.4 Å². The average molecular weight is 308 g/mol. The number of benzene rings is 1. The molecule has 0 spiro atoms. The SMILES string of the molecule is CC(=O)OC1CCN2CC=C(c3ccccc3C)C1C2.Cl. The number of piperidine rings is 1. The maximum atomic E-state index is 11.3. The number of halogens is 1. The molecule has 1 aromatic carbocycles. The van der Waals surface area contributed by atoms with Crippen LogP contribution in [0.5, 0.6) is 0 Å². The van der Waals surface area contributed by atoms with E-state index in [0.717, 1.165) is 26.1 Å². The summed E-state index contributed by atoms with van der Waals surface area (Å²) >= 11 is 0. The minimum Gasteiger partial charge on any atom is -0.462 e. The van der Waals surface area contributed by atoms with Gasteiger partial charge in [0.1, 0.15) is 6.10 Å². The molecule has 0 saturated carbocycles. The molecule has 2 heterocycles. The third kappa shape index (κ3) is 3.30. The third-order valence-corrected chi connectivity index (χ3v) is 4.38. The number of ether oxygens (including phenoxy) is 1. The van der Waals surface area contributed by atoms with Crippen molar-refractivity contribution in [2.75, 3.05) is 19.6 Å². The number of esters is 1. The molecule has 0 aromatic heterocycles. The van der Waals surface area contributed by atoms with E-state index in [9.17, 15) is 4.79 Å². The van der Waals surface area contributed by atoms with Gasteiger partial charge in [-0.2, -0.15) is 0 Å². The van der Waals surface area contributed by atoms with Crippen molar-refractivity contribution in [3.8, 4) is 0 Å². The van der Waals surface area contributed by atoms with E-state index in [-0.39, 0.29) is 24.5 Å². The zero-order valence-electron chi connectivity index (χ0n) is 12.5. The molecule has 2 aliphatic heterocycles. The van der Waals surface area contributed by atoms with Crippen LogP contribution in [0.2, 0.25) is 0 Å². The highest BCUT2D eigenvalue weighted by Crippen LogP contribution is 2.37. The number of hydrogen-bond donors (Lipinski definition) is 0. The fourth-order valence-corrected chi connectivity index (χ4v) is 3.40. The second-order valence-electron chi connectivity index (χ2n) is 5.78. The Hall–Kier alpha value is -1.32. The molecule has 0 radical (unpaired) electrons. The van der Waals surface area contributed by atoms with Crippen molar-refractivity contribution in [3.05, 3.63) is 41.5 Å². The van der Waals surface area contributed by atoms with Gasteiger partial charge in [0.05, 0.1) is 0 Å². The van der Waals surface area contributed by atoms with E-state index in [2.05, 4.69) is 42.2 Å². The number of carbonyl (C=O) groups is 1. The summed E-state index contributed by atoms with van der Waals surface area (Å²) in [6.07, 6.45) is 3.27. The molecule has 4 heteroatoms. The number of fused-ring (bicyclic) bond motifs is 2. The van der Waals surface area contributed by atoms with Crippen molar-refractivity contribution < 1.29 is 9.53 Å². The lowest BCUT2D eigenvalue weighted by molar-refractivity contribution is -0.150. The van der Waals surface area contributed by atoms with Crippen LogP contribution in [0, 0.1) is 12.8 Å². The highest BCUT2D eigenvalue weighted by Gasteiger charge is 2.36. The van der Waals surface area contributed by atoms with Gasteiger partial charge in [-0.05, 0) is 30.0 Å². The van der Waals surface area contributed by atoms with E-state index < -0.39 is 0 Å². The normalized spacial score (nSPS) is 27.3. The van der Waals surface area contributed by atoms with Crippen molar-refractivity contribution in [1.29, 1.82) is 0 Å². The second kappa shape index (κ2) is 6.63. The summed E-state index contributed by atoms with van der Waals surface area (Å²) in [5.74, 6) is 0.139. The third-order valence-electron chi connectivity index (χ3n) is 4.38. The number of hydrogen-bond acceptors (Lipinski definition) is 3. The zero-order chi connectivity index (χ0) is 14.1. The van der Waals surface area contributed by atoms with Crippen LogP contribution in [0.25, 0.3) is 5.57 Å². The largest absolute Gasteiger partial charge is 0.462 e. The lowest BCUT2D eigenvalue weighted by atomic mass is 9.80. The predicted molar refractivity (Wildman–Crippen MR) is 86.5 cm³/mol. The van der Waals surface area contributed by atoms with E-state index in [1.165, 1.54) is 23.6 Å². The monoisotopic (exact) mass is 307 g/mol. The molecule has 3 nitrogen and oxygen atoms in total. The van der Waals surface area contributed by atoms with Crippen molar-refractivity contribution in [3.63, 3.8) is 0 Å². The maximum absolute atomic E-state index is 11.3. The first kappa shape index (κ1) is 16.1. The summed E-state index contributed by atoms with van der Waals surface area (Å²) in [7, 11) is 0. The lowest BCUT2D eigenvalue weighted by Crippen LogP contribution is -2.47. The van der Waals surface area contributed by atoms with Crippen molar-refractivity contribution in [2.45, 2.75) is 26.4 Å². The molecule has 2 aliphatic rings. The Labute approximate surface area is 132 Å².